The molecular weight excluding hydrogens is 401 g/mol. The van der Waals surface area contributed by atoms with Crippen LogP contribution in [0.5, 0.6) is 11.5 Å². The molecule has 3 N–H and O–H groups in total. The van der Waals surface area contributed by atoms with E-state index in [0.717, 1.165) is 11.1 Å². The number of benzene rings is 2. The number of carbonyl (C=O) groups excluding carboxylic acids is 2. The molecule has 0 aliphatic heterocycles. The van der Waals surface area contributed by atoms with Crippen molar-refractivity contribution in [1.29, 1.82) is 0 Å². The van der Waals surface area contributed by atoms with Gasteiger partial charge in [0.05, 0.1) is 20.3 Å². The van der Waals surface area contributed by atoms with Gasteiger partial charge in [0.15, 0.2) is 0 Å². The standard InChI is InChI=1S/C23H30FN3O4/c1-5-6-20(27-23(29)25-14-16-7-9-17(24)10-8-16)22(28)26-15(2)19-13-18(30-3)11-12-21(19)31-4/h7-13,15,20H,5-6,14H2,1-4H3,(H,26,28)(H2,25,27,29). The minimum atomic E-state index is -0.697. The highest BCUT2D eigenvalue weighted by Crippen LogP contribution is 2.29. The van der Waals surface area contributed by atoms with E-state index in [2.05, 4.69) is 16.0 Å². The third-order valence-corrected chi connectivity index (χ3v) is 4.83. The maximum atomic E-state index is 13.0. The molecule has 0 bridgehead atoms. The summed E-state index contributed by atoms with van der Waals surface area (Å²) in [6.45, 7) is 4.00. The Labute approximate surface area is 182 Å². The SMILES string of the molecule is CCCC(NC(=O)NCc1ccc(F)cc1)C(=O)NC(C)c1cc(OC)ccc1OC. The first-order valence-corrected chi connectivity index (χ1v) is 10.2. The Kier molecular flexibility index (Phi) is 9.12. The highest BCUT2D eigenvalue weighted by atomic mass is 19.1. The maximum absolute atomic E-state index is 13.0. The first kappa shape index (κ1) is 24.0. The van der Waals surface area contributed by atoms with Gasteiger partial charge in [0, 0.05) is 12.1 Å². The fourth-order valence-corrected chi connectivity index (χ4v) is 3.12. The van der Waals surface area contributed by atoms with E-state index in [1.54, 1.807) is 44.6 Å². The van der Waals surface area contributed by atoms with Crippen LogP contribution < -0.4 is 25.4 Å². The van der Waals surface area contributed by atoms with Crippen molar-refractivity contribution in [3.05, 3.63) is 59.4 Å². The zero-order valence-corrected chi connectivity index (χ0v) is 18.3. The van der Waals surface area contributed by atoms with Crippen LogP contribution in [0, 0.1) is 5.82 Å². The molecule has 0 saturated heterocycles. The monoisotopic (exact) mass is 431 g/mol. The second-order valence-corrected chi connectivity index (χ2v) is 7.13. The molecule has 0 heterocycles. The lowest BCUT2D eigenvalue weighted by Crippen LogP contribution is -2.50. The number of amides is 3. The zero-order valence-electron chi connectivity index (χ0n) is 18.3. The molecule has 2 atom stereocenters. The van der Waals surface area contributed by atoms with Crippen LogP contribution >= 0.6 is 0 Å². The summed E-state index contributed by atoms with van der Waals surface area (Å²) in [7, 11) is 3.13. The van der Waals surface area contributed by atoms with Crippen LogP contribution in [-0.2, 0) is 11.3 Å². The second-order valence-electron chi connectivity index (χ2n) is 7.13. The summed E-state index contributed by atoms with van der Waals surface area (Å²) < 4.78 is 23.6. The normalized spacial score (nSPS) is 12.4. The molecule has 0 spiro atoms. The van der Waals surface area contributed by atoms with Crippen LogP contribution in [0.15, 0.2) is 42.5 Å². The predicted octanol–water partition coefficient (Wildman–Crippen LogP) is 3.69. The van der Waals surface area contributed by atoms with Crippen molar-refractivity contribution in [3.63, 3.8) is 0 Å². The largest absolute Gasteiger partial charge is 0.497 e. The number of ether oxygens (including phenoxy) is 2. The van der Waals surface area contributed by atoms with Gasteiger partial charge in [-0.25, -0.2) is 9.18 Å². The van der Waals surface area contributed by atoms with E-state index in [0.29, 0.717) is 24.3 Å². The van der Waals surface area contributed by atoms with Gasteiger partial charge in [-0.1, -0.05) is 25.5 Å². The lowest BCUT2D eigenvalue weighted by molar-refractivity contribution is -0.123. The molecule has 2 unspecified atom stereocenters. The van der Waals surface area contributed by atoms with Crippen molar-refractivity contribution in [2.75, 3.05) is 14.2 Å². The summed E-state index contributed by atoms with van der Waals surface area (Å²) >= 11 is 0. The molecule has 2 aromatic rings. The van der Waals surface area contributed by atoms with Crippen molar-refractivity contribution < 1.29 is 23.5 Å². The van der Waals surface area contributed by atoms with Crippen LogP contribution in [0.4, 0.5) is 9.18 Å². The third kappa shape index (κ3) is 7.16. The highest BCUT2D eigenvalue weighted by molar-refractivity contribution is 5.87. The van der Waals surface area contributed by atoms with Gasteiger partial charge in [0.1, 0.15) is 23.4 Å². The van der Waals surface area contributed by atoms with E-state index >= 15 is 0 Å². The molecule has 2 aromatic carbocycles. The van der Waals surface area contributed by atoms with E-state index in [9.17, 15) is 14.0 Å². The fraction of sp³-hybridized carbons (Fsp3) is 0.391. The Morgan fingerprint density at radius 1 is 1.03 bits per heavy atom. The smallest absolute Gasteiger partial charge is 0.315 e. The van der Waals surface area contributed by atoms with Gasteiger partial charge in [-0.15, -0.1) is 0 Å². The van der Waals surface area contributed by atoms with E-state index < -0.39 is 12.1 Å². The van der Waals surface area contributed by atoms with Gasteiger partial charge < -0.3 is 25.4 Å². The average Bonchev–Trinajstić information content (AvgIpc) is 2.77. The van der Waals surface area contributed by atoms with Crippen LogP contribution in [-0.4, -0.2) is 32.2 Å². The van der Waals surface area contributed by atoms with E-state index in [-0.39, 0.29) is 24.3 Å². The number of hydrogen-bond donors (Lipinski definition) is 3. The topological polar surface area (TPSA) is 88.7 Å². The predicted molar refractivity (Wildman–Crippen MR) is 117 cm³/mol. The van der Waals surface area contributed by atoms with E-state index in [4.69, 9.17) is 9.47 Å². The van der Waals surface area contributed by atoms with Crippen molar-refractivity contribution in [2.24, 2.45) is 0 Å². The van der Waals surface area contributed by atoms with Crippen LogP contribution in [0.25, 0.3) is 0 Å². The lowest BCUT2D eigenvalue weighted by atomic mass is 10.1. The Morgan fingerprint density at radius 3 is 2.35 bits per heavy atom. The quantitative estimate of drug-likeness (QED) is 0.535. The molecule has 3 amide bonds. The number of hydrogen-bond acceptors (Lipinski definition) is 4. The van der Waals surface area contributed by atoms with Gasteiger partial charge >= 0.3 is 6.03 Å². The minimum Gasteiger partial charge on any atom is -0.497 e. The first-order valence-electron chi connectivity index (χ1n) is 10.2. The summed E-state index contributed by atoms with van der Waals surface area (Å²) in [5, 5.41) is 8.34. The van der Waals surface area contributed by atoms with Crippen molar-refractivity contribution in [2.45, 2.75) is 45.3 Å². The zero-order chi connectivity index (χ0) is 22.8. The number of urea groups is 1. The molecule has 0 aliphatic rings. The van der Waals surface area contributed by atoms with Gasteiger partial charge in [0.2, 0.25) is 5.91 Å². The van der Waals surface area contributed by atoms with Gasteiger partial charge in [-0.05, 0) is 49.2 Å². The molecule has 0 radical (unpaired) electrons. The summed E-state index contributed by atoms with van der Waals surface area (Å²) in [6, 6.07) is 9.69. The Bertz CT molecular complexity index is 874. The number of halogens is 1. The molecule has 8 heteroatoms. The number of nitrogens with one attached hydrogen (secondary N) is 3. The van der Waals surface area contributed by atoms with Crippen molar-refractivity contribution in [3.8, 4) is 11.5 Å². The van der Waals surface area contributed by atoms with Gasteiger partial charge in [0.25, 0.3) is 0 Å². The van der Waals surface area contributed by atoms with E-state index in [1.807, 2.05) is 13.8 Å². The first-order chi connectivity index (χ1) is 14.9. The molecule has 0 saturated carbocycles. The van der Waals surface area contributed by atoms with Crippen LogP contribution in [0.3, 0.4) is 0 Å². The van der Waals surface area contributed by atoms with Crippen LogP contribution in [0.1, 0.15) is 43.9 Å². The molecule has 31 heavy (non-hydrogen) atoms. The van der Waals surface area contributed by atoms with Crippen molar-refractivity contribution >= 4 is 11.9 Å². The fourth-order valence-electron chi connectivity index (χ4n) is 3.12. The summed E-state index contributed by atoms with van der Waals surface area (Å²) in [5.41, 5.74) is 1.53. The molecule has 0 aliphatic carbocycles. The highest BCUT2D eigenvalue weighted by Gasteiger charge is 2.23. The molecule has 0 aromatic heterocycles. The number of rotatable bonds is 10. The van der Waals surface area contributed by atoms with Crippen LogP contribution in [0.2, 0.25) is 0 Å². The molecule has 2 rings (SSSR count). The third-order valence-electron chi connectivity index (χ3n) is 4.83. The van der Waals surface area contributed by atoms with E-state index in [1.165, 1.54) is 12.1 Å². The van der Waals surface area contributed by atoms with Gasteiger partial charge in [-0.2, -0.15) is 0 Å². The maximum Gasteiger partial charge on any atom is 0.315 e. The molecule has 7 nitrogen and oxygen atoms in total. The van der Waals surface area contributed by atoms with Gasteiger partial charge in [-0.3, -0.25) is 4.79 Å². The Balaban J connectivity index is 1.99. The number of methoxy groups -OCH3 is 2. The summed E-state index contributed by atoms with van der Waals surface area (Å²) in [6.07, 6.45) is 1.20. The Morgan fingerprint density at radius 2 is 1.74 bits per heavy atom. The molecular formula is C23H30FN3O4. The average molecular weight is 432 g/mol. The number of carbonyl (C=O) groups is 2. The molecule has 0 fully saturated rings. The second kappa shape index (κ2) is 11.8. The van der Waals surface area contributed by atoms with Crippen molar-refractivity contribution in [1.82, 2.24) is 16.0 Å². The Hall–Kier alpha value is -3.29. The summed E-state index contributed by atoms with van der Waals surface area (Å²) in [4.78, 5) is 25.2. The molecule has 168 valence electrons. The lowest BCUT2D eigenvalue weighted by Gasteiger charge is -2.23. The summed E-state index contributed by atoms with van der Waals surface area (Å²) in [5.74, 6) is 0.650. The minimum absolute atomic E-state index is 0.226.